The van der Waals surface area contributed by atoms with E-state index in [0.29, 0.717) is 13.1 Å². The Bertz CT molecular complexity index is 330. The lowest BCUT2D eigenvalue weighted by Crippen LogP contribution is -2.49. The minimum absolute atomic E-state index is 0.153. The number of amides is 2. The van der Waals surface area contributed by atoms with Crippen LogP contribution in [0.2, 0.25) is 0 Å². The number of carbonyl (C=O) groups excluding carboxylic acids is 1. The Kier molecular flexibility index (Phi) is 4.66. The number of rotatable bonds is 2. The number of likely N-dealkylation sites (tertiary alicyclic amines) is 2. The molecular formula is C14H24N2O3. The van der Waals surface area contributed by atoms with Gasteiger partial charge in [0.25, 0.3) is 0 Å². The molecule has 5 heteroatoms. The standard InChI is InChI=1S/C14H24N2O3/c1-11-2-6-15(7-3-11)14(19)16-8-4-12(5-9-16)10-13(17)18/h11-12H,2-10H2,1H3,(H,17,18). The first-order chi connectivity index (χ1) is 9.06. The molecule has 0 aliphatic carbocycles. The van der Waals surface area contributed by atoms with Gasteiger partial charge in [-0.15, -0.1) is 0 Å². The van der Waals surface area contributed by atoms with E-state index in [2.05, 4.69) is 6.92 Å². The van der Waals surface area contributed by atoms with E-state index in [9.17, 15) is 9.59 Å². The Morgan fingerprint density at radius 3 is 1.95 bits per heavy atom. The summed E-state index contributed by atoms with van der Waals surface area (Å²) >= 11 is 0. The van der Waals surface area contributed by atoms with Crippen molar-refractivity contribution in [2.45, 2.75) is 39.0 Å². The summed E-state index contributed by atoms with van der Waals surface area (Å²) in [5.41, 5.74) is 0. The molecule has 0 radical (unpaired) electrons. The van der Waals surface area contributed by atoms with Crippen LogP contribution in [0.5, 0.6) is 0 Å². The van der Waals surface area contributed by atoms with Crippen LogP contribution in [0.1, 0.15) is 39.0 Å². The summed E-state index contributed by atoms with van der Waals surface area (Å²) in [6, 6.07) is 0.153. The van der Waals surface area contributed by atoms with Crippen LogP contribution in [-0.4, -0.2) is 53.1 Å². The van der Waals surface area contributed by atoms with Crippen LogP contribution in [0.15, 0.2) is 0 Å². The molecular weight excluding hydrogens is 244 g/mol. The summed E-state index contributed by atoms with van der Waals surface area (Å²) in [6.07, 6.45) is 4.08. The van der Waals surface area contributed by atoms with Crippen LogP contribution in [-0.2, 0) is 4.79 Å². The second-order valence-corrected chi connectivity index (χ2v) is 5.98. The van der Waals surface area contributed by atoms with Gasteiger partial charge in [0, 0.05) is 32.6 Å². The summed E-state index contributed by atoms with van der Waals surface area (Å²) in [4.78, 5) is 26.8. The van der Waals surface area contributed by atoms with Crippen molar-refractivity contribution in [1.29, 1.82) is 0 Å². The summed E-state index contributed by atoms with van der Waals surface area (Å²) in [5.74, 6) is 0.239. The monoisotopic (exact) mass is 268 g/mol. The van der Waals surface area contributed by atoms with Gasteiger partial charge in [-0.1, -0.05) is 6.92 Å². The molecule has 2 rings (SSSR count). The van der Waals surface area contributed by atoms with E-state index in [0.717, 1.165) is 44.7 Å². The van der Waals surface area contributed by atoms with Crippen molar-refractivity contribution < 1.29 is 14.7 Å². The van der Waals surface area contributed by atoms with Gasteiger partial charge in [-0.25, -0.2) is 4.79 Å². The van der Waals surface area contributed by atoms with Gasteiger partial charge in [-0.05, 0) is 37.5 Å². The van der Waals surface area contributed by atoms with Gasteiger partial charge in [-0.3, -0.25) is 4.79 Å². The Morgan fingerprint density at radius 1 is 1.00 bits per heavy atom. The van der Waals surface area contributed by atoms with Crippen LogP contribution < -0.4 is 0 Å². The molecule has 0 bridgehead atoms. The molecule has 0 atom stereocenters. The molecule has 2 heterocycles. The molecule has 0 unspecified atom stereocenters. The first-order valence-electron chi connectivity index (χ1n) is 7.32. The molecule has 108 valence electrons. The zero-order valence-electron chi connectivity index (χ0n) is 11.7. The van der Waals surface area contributed by atoms with Gasteiger partial charge < -0.3 is 14.9 Å². The van der Waals surface area contributed by atoms with Gasteiger partial charge >= 0.3 is 12.0 Å². The number of carbonyl (C=O) groups is 2. The maximum absolute atomic E-state index is 12.3. The van der Waals surface area contributed by atoms with Crippen LogP contribution in [0, 0.1) is 11.8 Å². The lowest BCUT2D eigenvalue weighted by Gasteiger charge is -2.38. The number of urea groups is 1. The molecule has 0 spiro atoms. The SMILES string of the molecule is CC1CCN(C(=O)N2CCC(CC(=O)O)CC2)CC1. The molecule has 2 saturated heterocycles. The summed E-state index contributed by atoms with van der Waals surface area (Å²) in [6.45, 7) is 5.40. The second kappa shape index (κ2) is 6.26. The lowest BCUT2D eigenvalue weighted by atomic mass is 9.93. The molecule has 0 aromatic rings. The van der Waals surface area contributed by atoms with E-state index in [-0.39, 0.29) is 18.4 Å². The maximum Gasteiger partial charge on any atom is 0.319 e. The van der Waals surface area contributed by atoms with Gasteiger partial charge in [0.2, 0.25) is 0 Å². The van der Waals surface area contributed by atoms with Crippen molar-refractivity contribution in [3.05, 3.63) is 0 Å². The quantitative estimate of drug-likeness (QED) is 0.833. The normalized spacial score (nSPS) is 22.6. The predicted molar refractivity (Wildman–Crippen MR) is 71.9 cm³/mol. The van der Waals surface area contributed by atoms with Crippen molar-refractivity contribution in [2.75, 3.05) is 26.2 Å². The largest absolute Gasteiger partial charge is 0.481 e. The third kappa shape index (κ3) is 3.85. The zero-order chi connectivity index (χ0) is 13.8. The summed E-state index contributed by atoms with van der Waals surface area (Å²) in [5, 5.41) is 8.78. The highest BCUT2D eigenvalue weighted by Gasteiger charge is 2.28. The molecule has 2 aliphatic rings. The smallest absolute Gasteiger partial charge is 0.319 e. The minimum Gasteiger partial charge on any atom is -0.481 e. The minimum atomic E-state index is -0.727. The average molecular weight is 268 g/mol. The molecule has 2 fully saturated rings. The number of hydrogen-bond donors (Lipinski definition) is 1. The Labute approximate surface area is 114 Å². The summed E-state index contributed by atoms with van der Waals surface area (Å²) < 4.78 is 0. The molecule has 2 aliphatic heterocycles. The highest BCUT2D eigenvalue weighted by atomic mass is 16.4. The lowest BCUT2D eigenvalue weighted by molar-refractivity contribution is -0.138. The molecule has 1 N–H and O–H groups in total. The fraction of sp³-hybridized carbons (Fsp3) is 0.857. The predicted octanol–water partition coefficient (Wildman–Crippen LogP) is 2.03. The molecule has 0 aromatic carbocycles. The highest BCUT2D eigenvalue weighted by Crippen LogP contribution is 2.23. The van der Waals surface area contributed by atoms with Crippen molar-refractivity contribution in [3.63, 3.8) is 0 Å². The van der Waals surface area contributed by atoms with E-state index in [4.69, 9.17) is 5.11 Å². The van der Waals surface area contributed by atoms with Gasteiger partial charge in [0.1, 0.15) is 0 Å². The summed E-state index contributed by atoms with van der Waals surface area (Å²) in [7, 11) is 0. The van der Waals surface area contributed by atoms with Crippen molar-refractivity contribution in [2.24, 2.45) is 11.8 Å². The number of hydrogen-bond acceptors (Lipinski definition) is 2. The average Bonchev–Trinajstić information content (AvgIpc) is 2.39. The third-order valence-electron chi connectivity index (χ3n) is 4.40. The maximum atomic E-state index is 12.3. The number of piperidine rings is 2. The van der Waals surface area contributed by atoms with Crippen LogP contribution >= 0.6 is 0 Å². The van der Waals surface area contributed by atoms with Crippen molar-refractivity contribution in [3.8, 4) is 0 Å². The number of carboxylic acid groups (broad SMARTS) is 1. The number of carboxylic acids is 1. The number of nitrogens with zero attached hydrogens (tertiary/aromatic N) is 2. The number of aliphatic carboxylic acids is 1. The van der Waals surface area contributed by atoms with Crippen LogP contribution in [0.4, 0.5) is 4.79 Å². The highest BCUT2D eigenvalue weighted by molar-refractivity contribution is 5.74. The topological polar surface area (TPSA) is 60.9 Å². The zero-order valence-corrected chi connectivity index (χ0v) is 11.7. The van der Waals surface area contributed by atoms with E-state index < -0.39 is 5.97 Å². The first kappa shape index (κ1) is 14.2. The Hall–Kier alpha value is -1.26. The van der Waals surface area contributed by atoms with E-state index in [1.54, 1.807) is 0 Å². The fourth-order valence-corrected chi connectivity index (χ4v) is 2.98. The first-order valence-corrected chi connectivity index (χ1v) is 7.32. The third-order valence-corrected chi connectivity index (χ3v) is 4.40. The van der Waals surface area contributed by atoms with Crippen molar-refractivity contribution >= 4 is 12.0 Å². The van der Waals surface area contributed by atoms with E-state index in [1.165, 1.54) is 0 Å². The molecule has 0 aromatic heterocycles. The van der Waals surface area contributed by atoms with Crippen molar-refractivity contribution in [1.82, 2.24) is 9.80 Å². The molecule has 0 saturated carbocycles. The van der Waals surface area contributed by atoms with Crippen LogP contribution in [0.25, 0.3) is 0 Å². The molecule has 5 nitrogen and oxygen atoms in total. The Morgan fingerprint density at radius 2 is 1.47 bits per heavy atom. The Balaban J connectivity index is 1.77. The molecule has 2 amide bonds. The fourth-order valence-electron chi connectivity index (χ4n) is 2.98. The van der Waals surface area contributed by atoms with Crippen LogP contribution in [0.3, 0.4) is 0 Å². The second-order valence-electron chi connectivity index (χ2n) is 5.98. The van der Waals surface area contributed by atoms with E-state index >= 15 is 0 Å². The van der Waals surface area contributed by atoms with Gasteiger partial charge in [0.05, 0.1) is 0 Å². The molecule has 19 heavy (non-hydrogen) atoms. The van der Waals surface area contributed by atoms with Gasteiger partial charge in [0.15, 0.2) is 0 Å². The van der Waals surface area contributed by atoms with Gasteiger partial charge in [-0.2, -0.15) is 0 Å². The van der Waals surface area contributed by atoms with E-state index in [1.807, 2.05) is 9.80 Å².